The molecule has 4 nitrogen and oxygen atoms in total. The number of hydrogen-bond acceptors (Lipinski definition) is 4. The van der Waals surface area contributed by atoms with Gasteiger partial charge in [-0.2, -0.15) is 13.2 Å². The van der Waals surface area contributed by atoms with Crippen molar-refractivity contribution >= 4 is 5.82 Å². The number of halogens is 3. The molecule has 0 atom stereocenters. The van der Waals surface area contributed by atoms with Crippen LogP contribution in [0, 0.1) is 5.92 Å². The molecule has 0 unspecified atom stereocenters. The largest absolute Gasteiger partial charge is 0.401 e. The van der Waals surface area contributed by atoms with E-state index in [4.69, 9.17) is 0 Å². The van der Waals surface area contributed by atoms with Crippen molar-refractivity contribution in [2.45, 2.75) is 19.0 Å². The van der Waals surface area contributed by atoms with Gasteiger partial charge in [-0.15, -0.1) is 0 Å². The van der Waals surface area contributed by atoms with Crippen LogP contribution in [0.1, 0.15) is 12.8 Å². The first-order valence-electron chi connectivity index (χ1n) is 6.32. The molecule has 0 aromatic carbocycles. The van der Waals surface area contributed by atoms with Crippen LogP contribution in [0.3, 0.4) is 0 Å². The highest BCUT2D eigenvalue weighted by Gasteiger charge is 2.32. The van der Waals surface area contributed by atoms with Gasteiger partial charge in [0.1, 0.15) is 5.82 Å². The summed E-state index contributed by atoms with van der Waals surface area (Å²) in [6.45, 7) is 0.953. The third-order valence-electron chi connectivity index (χ3n) is 3.25. The molecule has 1 aromatic heterocycles. The summed E-state index contributed by atoms with van der Waals surface area (Å²) in [5, 5.41) is 3.16. The van der Waals surface area contributed by atoms with Crippen LogP contribution in [0.4, 0.5) is 19.0 Å². The van der Waals surface area contributed by atoms with E-state index < -0.39 is 12.7 Å². The second-order valence-electron chi connectivity index (χ2n) is 4.81. The van der Waals surface area contributed by atoms with Crippen LogP contribution in [-0.4, -0.2) is 47.2 Å². The second-order valence-corrected chi connectivity index (χ2v) is 4.81. The first kappa shape index (κ1) is 14.0. The van der Waals surface area contributed by atoms with Gasteiger partial charge in [0, 0.05) is 18.9 Å². The maximum absolute atomic E-state index is 12.2. The highest BCUT2D eigenvalue weighted by Crippen LogP contribution is 2.22. The molecule has 0 spiro atoms. The van der Waals surface area contributed by atoms with Crippen molar-refractivity contribution in [3.8, 4) is 0 Å². The Labute approximate surface area is 110 Å². The molecule has 1 fully saturated rings. The maximum Gasteiger partial charge on any atom is 0.401 e. The van der Waals surface area contributed by atoms with Gasteiger partial charge in [-0.05, 0) is 31.8 Å². The van der Waals surface area contributed by atoms with Crippen molar-refractivity contribution in [1.82, 2.24) is 14.9 Å². The van der Waals surface area contributed by atoms with E-state index in [0.29, 0.717) is 24.8 Å². The van der Waals surface area contributed by atoms with Gasteiger partial charge >= 0.3 is 6.18 Å². The van der Waals surface area contributed by atoms with Crippen LogP contribution in [-0.2, 0) is 0 Å². The Hall–Kier alpha value is -1.37. The van der Waals surface area contributed by atoms with E-state index in [9.17, 15) is 13.2 Å². The molecule has 106 valence electrons. The number of aromatic nitrogens is 2. The maximum atomic E-state index is 12.2. The van der Waals surface area contributed by atoms with Gasteiger partial charge in [-0.3, -0.25) is 9.88 Å². The van der Waals surface area contributed by atoms with E-state index in [0.717, 1.165) is 19.4 Å². The SMILES string of the molecule is FC(F)(F)CN1CCC(CNc2cnccn2)CC1. The lowest BCUT2D eigenvalue weighted by atomic mass is 9.97. The molecular weight excluding hydrogens is 257 g/mol. The number of nitrogens with zero attached hydrogens (tertiary/aromatic N) is 3. The summed E-state index contributed by atoms with van der Waals surface area (Å²) in [6, 6.07) is 0. The van der Waals surface area contributed by atoms with Crippen molar-refractivity contribution in [2.75, 3.05) is 31.5 Å². The van der Waals surface area contributed by atoms with Crippen LogP contribution in [0.15, 0.2) is 18.6 Å². The molecule has 1 aliphatic rings. The zero-order valence-electron chi connectivity index (χ0n) is 10.5. The lowest BCUT2D eigenvalue weighted by Crippen LogP contribution is -2.41. The van der Waals surface area contributed by atoms with Crippen LogP contribution in [0.25, 0.3) is 0 Å². The van der Waals surface area contributed by atoms with E-state index >= 15 is 0 Å². The predicted molar refractivity (Wildman–Crippen MR) is 65.7 cm³/mol. The molecule has 2 rings (SSSR count). The molecule has 0 amide bonds. The van der Waals surface area contributed by atoms with Crippen LogP contribution < -0.4 is 5.32 Å². The fourth-order valence-electron chi connectivity index (χ4n) is 2.24. The minimum Gasteiger partial charge on any atom is -0.369 e. The van der Waals surface area contributed by atoms with Gasteiger partial charge in [0.2, 0.25) is 0 Å². The molecule has 0 bridgehead atoms. The predicted octanol–water partition coefficient (Wildman–Crippen LogP) is 2.16. The zero-order valence-corrected chi connectivity index (χ0v) is 10.5. The normalized spacial score (nSPS) is 18.5. The van der Waals surface area contributed by atoms with Crippen LogP contribution >= 0.6 is 0 Å². The lowest BCUT2D eigenvalue weighted by molar-refractivity contribution is -0.148. The summed E-state index contributed by atoms with van der Waals surface area (Å²) in [7, 11) is 0. The van der Waals surface area contributed by atoms with Gasteiger partial charge in [0.05, 0.1) is 12.7 Å². The number of anilines is 1. The molecular formula is C12H17F3N4. The van der Waals surface area contributed by atoms with Crippen molar-refractivity contribution in [2.24, 2.45) is 5.92 Å². The van der Waals surface area contributed by atoms with Crippen molar-refractivity contribution in [3.63, 3.8) is 0 Å². The van der Waals surface area contributed by atoms with Crippen LogP contribution in [0.2, 0.25) is 0 Å². The number of likely N-dealkylation sites (tertiary alicyclic amines) is 1. The fraction of sp³-hybridized carbons (Fsp3) is 0.667. The number of alkyl halides is 3. The zero-order chi connectivity index (χ0) is 13.7. The topological polar surface area (TPSA) is 41.0 Å². The standard InChI is InChI=1S/C12H17F3N4/c13-12(14,15)9-19-5-1-10(2-6-19)7-18-11-8-16-3-4-17-11/h3-4,8,10H,1-2,5-7,9H2,(H,17,18). The smallest absolute Gasteiger partial charge is 0.369 e. The number of hydrogen-bond donors (Lipinski definition) is 1. The first-order chi connectivity index (χ1) is 9.03. The Morgan fingerprint density at radius 1 is 1.26 bits per heavy atom. The highest BCUT2D eigenvalue weighted by molar-refractivity contribution is 5.29. The summed E-state index contributed by atoms with van der Waals surface area (Å²) >= 11 is 0. The van der Waals surface area contributed by atoms with Crippen molar-refractivity contribution in [1.29, 1.82) is 0 Å². The molecule has 7 heteroatoms. The van der Waals surface area contributed by atoms with Gasteiger partial charge in [-0.1, -0.05) is 0 Å². The third-order valence-corrected chi connectivity index (χ3v) is 3.25. The van der Waals surface area contributed by atoms with Crippen molar-refractivity contribution < 1.29 is 13.2 Å². The molecule has 1 N–H and O–H groups in total. The van der Waals surface area contributed by atoms with Gasteiger partial charge in [0.25, 0.3) is 0 Å². The second kappa shape index (κ2) is 6.18. The quantitative estimate of drug-likeness (QED) is 0.913. The minimum absolute atomic E-state index is 0.395. The summed E-state index contributed by atoms with van der Waals surface area (Å²) in [5.74, 6) is 1.10. The lowest BCUT2D eigenvalue weighted by Gasteiger charge is -2.32. The van der Waals surface area contributed by atoms with Gasteiger partial charge in [-0.25, -0.2) is 4.98 Å². The Morgan fingerprint density at radius 2 is 2.00 bits per heavy atom. The fourth-order valence-corrected chi connectivity index (χ4v) is 2.24. The third kappa shape index (κ3) is 5.02. The monoisotopic (exact) mass is 274 g/mol. The highest BCUT2D eigenvalue weighted by atomic mass is 19.4. The number of rotatable bonds is 4. The van der Waals surface area contributed by atoms with E-state index in [1.165, 1.54) is 4.90 Å². The molecule has 2 heterocycles. The molecule has 1 saturated heterocycles. The first-order valence-corrected chi connectivity index (χ1v) is 6.32. The summed E-state index contributed by atoms with van der Waals surface area (Å²) < 4.78 is 36.7. The Kier molecular flexibility index (Phi) is 4.57. The molecule has 19 heavy (non-hydrogen) atoms. The van der Waals surface area contributed by atoms with E-state index in [1.54, 1.807) is 18.6 Å². The van der Waals surface area contributed by atoms with Gasteiger partial charge in [0.15, 0.2) is 0 Å². The average molecular weight is 274 g/mol. The summed E-state index contributed by atoms with van der Waals surface area (Å²) in [4.78, 5) is 9.51. The summed E-state index contributed by atoms with van der Waals surface area (Å²) in [5.41, 5.74) is 0. The Morgan fingerprint density at radius 3 is 2.58 bits per heavy atom. The molecule has 1 aromatic rings. The Bertz CT molecular complexity index is 374. The van der Waals surface area contributed by atoms with Gasteiger partial charge < -0.3 is 5.32 Å². The van der Waals surface area contributed by atoms with Crippen molar-refractivity contribution in [3.05, 3.63) is 18.6 Å². The molecule has 0 aliphatic carbocycles. The van der Waals surface area contributed by atoms with Crippen LogP contribution in [0.5, 0.6) is 0 Å². The number of piperidine rings is 1. The van der Waals surface area contributed by atoms with E-state index in [1.807, 2.05) is 0 Å². The minimum atomic E-state index is -4.09. The summed E-state index contributed by atoms with van der Waals surface area (Å²) in [6.07, 6.45) is 2.31. The molecule has 0 radical (unpaired) electrons. The molecule has 0 saturated carbocycles. The molecule has 1 aliphatic heterocycles. The van der Waals surface area contributed by atoms with E-state index in [2.05, 4.69) is 15.3 Å². The Balaban J connectivity index is 1.69. The number of nitrogens with one attached hydrogen (secondary N) is 1. The average Bonchev–Trinajstić information content (AvgIpc) is 2.37. The van der Waals surface area contributed by atoms with E-state index in [-0.39, 0.29) is 0 Å².